The largest absolute Gasteiger partial charge is 0.497 e. The van der Waals surface area contributed by atoms with Crippen molar-refractivity contribution in [2.45, 2.75) is 13.3 Å². The quantitative estimate of drug-likeness (QED) is 0.212. The van der Waals surface area contributed by atoms with Gasteiger partial charge in [0.15, 0.2) is 0 Å². The average molecular weight is 510 g/mol. The van der Waals surface area contributed by atoms with Gasteiger partial charge in [-0.25, -0.2) is 10.4 Å². The van der Waals surface area contributed by atoms with E-state index in [1.807, 2.05) is 24.3 Å². The van der Waals surface area contributed by atoms with Crippen molar-refractivity contribution in [3.63, 3.8) is 0 Å². The highest BCUT2D eigenvalue weighted by atomic mass is 32.1. The van der Waals surface area contributed by atoms with E-state index in [9.17, 15) is 14.4 Å². The third-order valence-corrected chi connectivity index (χ3v) is 6.31. The minimum atomic E-state index is -0.547. The highest BCUT2D eigenvalue weighted by Gasteiger charge is 2.22. The van der Waals surface area contributed by atoms with Crippen LogP contribution in [-0.4, -0.2) is 53.7 Å². The van der Waals surface area contributed by atoms with Crippen LogP contribution in [0.25, 0.3) is 15.3 Å². The summed E-state index contributed by atoms with van der Waals surface area (Å²) in [6, 6.07) is 12.2. The first-order chi connectivity index (χ1) is 17.3. The molecule has 0 saturated carbocycles. The number of methoxy groups -OCH3 is 3. The molecule has 0 atom stereocenters. The Morgan fingerprint density at radius 2 is 1.81 bits per heavy atom. The predicted molar refractivity (Wildman–Crippen MR) is 135 cm³/mol. The molecule has 2 N–H and O–H groups in total. The number of para-hydroxylation sites is 1. The number of H-pyrrole nitrogens is 1. The van der Waals surface area contributed by atoms with Crippen molar-refractivity contribution in [2.75, 3.05) is 21.3 Å². The summed E-state index contributed by atoms with van der Waals surface area (Å²) in [5, 5.41) is 7.47. The molecule has 12 heteroatoms. The maximum atomic E-state index is 13.4. The molecule has 2 heterocycles. The first-order valence-electron chi connectivity index (χ1n) is 10.7. The van der Waals surface area contributed by atoms with Crippen LogP contribution in [0, 0.1) is 0 Å². The zero-order valence-corrected chi connectivity index (χ0v) is 20.8. The molecule has 1 amide bonds. The summed E-state index contributed by atoms with van der Waals surface area (Å²) in [6.45, 7) is 1.56. The van der Waals surface area contributed by atoms with E-state index in [2.05, 4.69) is 20.6 Å². The summed E-state index contributed by atoms with van der Waals surface area (Å²) in [4.78, 5) is 42.6. The molecule has 0 spiro atoms. The van der Waals surface area contributed by atoms with Crippen LogP contribution in [0.1, 0.15) is 28.5 Å². The monoisotopic (exact) mass is 509 g/mol. The summed E-state index contributed by atoms with van der Waals surface area (Å²) in [5.41, 5.74) is 3.56. The first kappa shape index (κ1) is 24.7. The van der Waals surface area contributed by atoms with E-state index in [1.165, 1.54) is 49.5 Å². The topological polar surface area (TPSA) is 137 Å². The lowest BCUT2D eigenvalue weighted by atomic mass is 10.1. The van der Waals surface area contributed by atoms with Crippen molar-refractivity contribution in [3.8, 4) is 16.6 Å². The molecule has 0 unspecified atom stereocenters. The number of aromatic amines is 1. The fourth-order valence-corrected chi connectivity index (χ4v) is 4.41. The summed E-state index contributed by atoms with van der Waals surface area (Å²) >= 11 is 1.32. The van der Waals surface area contributed by atoms with Gasteiger partial charge in [0, 0.05) is 11.6 Å². The third-order valence-electron chi connectivity index (χ3n) is 5.29. The molecule has 0 aliphatic heterocycles. The minimum Gasteiger partial charge on any atom is -0.497 e. The summed E-state index contributed by atoms with van der Waals surface area (Å²) in [5.74, 6) is -0.216. The molecule has 4 rings (SSSR count). The van der Waals surface area contributed by atoms with Gasteiger partial charge in [-0.3, -0.25) is 19.5 Å². The summed E-state index contributed by atoms with van der Waals surface area (Å²) in [7, 11) is 4.21. The lowest BCUT2D eigenvalue weighted by molar-refractivity contribution is -0.139. The molecule has 0 aliphatic carbocycles. The number of nitrogens with one attached hydrogen (secondary N) is 2. The highest BCUT2D eigenvalue weighted by Crippen LogP contribution is 2.24. The normalized spacial score (nSPS) is 11.4. The van der Waals surface area contributed by atoms with Crippen LogP contribution in [0.15, 0.2) is 52.4 Å². The molecule has 0 radical (unpaired) electrons. The number of hydrogen-bond donors (Lipinski definition) is 2. The first-order valence-corrected chi connectivity index (χ1v) is 11.5. The van der Waals surface area contributed by atoms with E-state index in [-0.39, 0.29) is 29.0 Å². The van der Waals surface area contributed by atoms with E-state index < -0.39 is 17.4 Å². The van der Waals surface area contributed by atoms with Gasteiger partial charge in [0.2, 0.25) is 5.13 Å². The molecule has 36 heavy (non-hydrogen) atoms. The number of nitrogens with zero attached hydrogens (tertiary/aromatic N) is 3. The Morgan fingerprint density at radius 1 is 1.11 bits per heavy atom. The fraction of sp³-hybridized carbons (Fsp3) is 0.208. The van der Waals surface area contributed by atoms with Crippen LogP contribution in [0.3, 0.4) is 0 Å². The Kier molecular flexibility index (Phi) is 7.15. The molecule has 0 aliphatic rings. The van der Waals surface area contributed by atoms with Gasteiger partial charge in [0.25, 0.3) is 11.5 Å². The maximum Gasteiger partial charge on any atom is 0.311 e. The lowest BCUT2D eigenvalue weighted by Gasteiger charge is -2.08. The number of amides is 1. The Bertz CT molecular complexity index is 1480. The van der Waals surface area contributed by atoms with Gasteiger partial charge in [-0.2, -0.15) is 9.78 Å². The van der Waals surface area contributed by atoms with E-state index in [4.69, 9.17) is 14.2 Å². The van der Waals surface area contributed by atoms with Crippen molar-refractivity contribution in [3.05, 3.63) is 69.6 Å². The number of carbonyl (C=O) groups excluding carboxylic acids is 2. The van der Waals surface area contributed by atoms with Gasteiger partial charge < -0.3 is 14.2 Å². The van der Waals surface area contributed by atoms with Gasteiger partial charge in [0.05, 0.1) is 54.9 Å². The molecule has 0 saturated heterocycles. The second-order valence-electron chi connectivity index (χ2n) is 7.56. The van der Waals surface area contributed by atoms with E-state index in [0.29, 0.717) is 16.6 Å². The smallest absolute Gasteiger partial charge is 0.311 e. The van der Waals surface area contributed by atoms with Gasteiger partial charge in [-0.1, -0.05) is 23.5 Å². The molecule has 186 valence electrons. The number of hydrazone groups is 1. The fourth-order valence-electron chi connectivity index (χ4n) is 3.48. The van der Waals surface area contributed by atoms with Crippen LogP contribution in [0.5, 0.6) is 11.5 Å². The van der Waals surface area contributed by atoms with Gasteiger partial charge in [0.1, 0.15) is 11.5 Å². The van der Waals surface area contributed by atoms with E-state index in [1.54, 1.807) is 13.0 Å². The summed E-state index contributed by atoms with van der Waals surface area (Å²) in [6.07, 6.45) is -0.202. The van der Waals surface area contributed by atoms with Gasteiger partial charge in [-0.05, 0) is 31.2 Å². The number of thiazole rings is 1. The van der Waals surface area contributed by atoms with Crippen LogP contribution in [0.4, 0.5) is 0 Å². The Balaban J connectivity index is 1.70. The minimum absolute atomic E-state index is 0.128. The Morgan fingerprint density at radius 3 is 2.44 bits per heavy atom. The second-order valence-corrected chi connectivity index (χ2v) is 8.57. The number of aromatic nitrogens is 3. The van der Waals surface area contributed by atoms with E-state index in [0.717, 1.165) is 10.2 Å². The van der Waals surface area contributed by atoms with Crippen LogP contribution in [-0.2, 0) is 16.0 Å². The molecule has 0 bridgehead atoms. The van der Waals surface area contributed by atoms with Crippen molar-refractivity contribution < 1.29 is 23.8 Å². The molecule has 4 aromatic rings. The van der Waals surface area contributed by atoms with Crippen molar-refractivity contribution in [1.82, 2.24) is 20.2 Å². The van der Waals surface area contributed by atoms with Crippen LogP contribution in [0.2, 0.25) is 0 Å². The standard InChI is InChI=1S/C24H23N5O6S/c1-13(26-27-22(31)14-9-15(33-2)11-16(10-14)34-3)21-18(12-20(30)35-4)28-29(23(21)32)24-25-17-7-5-6-8-19(17)36-24/h5-11,28H,12H2,1-4H3,(H,27,31). The Hall–Kier alpha value is -4.45. The number of fused-ring (bicyclic) bond motifs is 1. The van der Waals surface area contributed by atoms with Crippen molar-refractivity contribution in [2.24, 2.45) is 5.10 Å². The van der Waals surface area contributed by atoms with Crippen molar-refractivity contribution in [1.29, 1.82) is 0 Å². The van der Waals surface area contributed by atoms with Crippen molar-refractivity contribution >= 4 is 39.1 Å². The molecule has 2 aromatic carbocycles. The van der Waals surface area contributed by atoms with Gasteiger partial charge >= 0.3 is 5.97 Å². The molecular formula is C24H23N5O6S. The predicted octanol–water partition coefficient (Wildman–Crippen LogP) is 2.66. The number of ether oxygens (including phenoxy) is 3. The van der Waals surface area contributed by atoms with Crippen LogP contribution < -0.4 is 20.5 Å². The lowest BCUT2D eigenvalue weighted by Crippen LogP contribution is -2.24. The molecule has 2 aromatic heterocycles. The number of carbonyl (C=O) groups is 2. The number of rotatable bonds is 8. The molecule has 11 nitrogen and oxygen atoms in total. The zero-order chi connectivity index (χ0) is 25.8. The summed E-state index contributed by atoms with van der Waals surface area (Å²) < 4.78 is 17.3. The number of hydrogen-bond acceptors (Lipinski definition) is 9. The second kappa shape index (κ2) is 10.4. The number of esters is 1. The maximum absolute atomic E-state index is 13.4. The zero-order valence-electron chi connectivity index (χ0n) is 19.9. The molecular weight excluding hydrogens is 486 g/mol. The Labute approximate surface area is 209 Å². The van der Waals surface area contributed by atoms with E-state index >= 15 is 0 Å². The third kappa shape index (κ3) is 4.98. The highest BCUT2D eigenvalue weighted by molar-refractivity contribution is 7.20. The van der Waals surface area contributed by atoms with Crippen LogP contribution >= 0.6 is 11.3 Å². The number of benzene rings is 2. The van der Waals surface area contributed by atoms with Gasteiger partial charge in [-0.15, -0.1) is 0 Å². The average Bonchev–Trinajstić information content (AvgIpc) is 3.47. The SMILES string of the molecule is COC(=O)Cc1[nH]n(-c2nc3ccccc3s2)c(=O)c1C(C)=NNC(=O)c1cc(OC)cc(OC)c1. The molecule has 0 fully saturated rings.